The van der Waals surface area contributed by atoms with E-state index in [1.165, 1.54) is 0 Å². The van der Waals surface area contributed by atoms with E-state index < -0.39 is 0 Å². The van der Waals surface area contributed by atoms with Crippen LogP contribution in [0.1, 0.15) is 22.3 Å². The number of fused-ring (bicyclic) bond motifs is 1. The third-order valence-electron chi connectivity index (χ3n) is 4.39. The first kappa shape index (κ1) is 17.2. The highest BCUT2D eigenvalue weighted by Crippen LogP contribution is 2.38. The van der Waals surface area contributed by atoms with Gasteiger partial charge in [-0.3, -0.25) is 14.5 Å². The van der Waals surface area contributed by atoms with Crippen molar-refractivity contribution in [3.05, 3.63) is 63.6 Å². The first-order valence-electron chi connectivity index (χ1n) is 8.20. The molecule has 1 saturated heterocycles. The molecule has 6 nitrogen and oxygen atoms in total. The maximum absolute atomic E-state index is 12.7. The van der Waals surface area contributed by atoms with Gasteiger partial charge >= 0.3 is 0 Å². The molecule has 0 aromatic heterocycles. The summed E-state index contributed by atoms with van der Waals surface area (Å²) in [7, 11) is 0. The number of rotatable bonds is 3. The number of aryl methyl sites for hydroxylation is 1. The van der Waals surface area contributed by atoms with Crippen LogP contribution in [0.4, 0.5) is 4.79 Å². The van der Waals surface area contributed by atoms with Crippen molar-refractivity contribution in [2.45, 2.75) is 13.5 Å². The molecule has 2 heterocycles. The lowest BCUT2D eigenvalue weighted by molar-refractivity contribution is -0.123. The Kier molecular flexibility index (Phi) is 4.34. The van der Waals surface area contributed by atoms with Crippen LogP contribution in [0.5, 0.6) is 11.5 Å². The fraction of sp³-hybridized carbons (Fsp3) is 0.150. The van der Waals surface area contributed by atoms with Gasteiger partial charge in [0.15, 0.2) is 11.5 Å². The van der Waals surface area contributed by atoms with E-state index in [0.717, 1.165) is 27.8 Å². The summed E-state index contributed by atoms with van der Waals surface area (Å²) < 4.78 is 10.7. The highest BCUT2D eigenvalue weighted by Gasteiger charge is 2.35. The number of carbonyl (C=O) groups is 2. The number of ether oxygens (including phenoxy) is 2. The van der Waals surface area contributed by atoms with E-state index in [1.807, 2.05) is 13.0 Å². The van der Waals surface area contributed by atoms with Crippen molar-refractivity contribution in [1.82, 2.24) is 4.90 Å². The van der Waals surface area contributed by atoms with Crippen molar-refractivity contribution in [3.63, 3.8) is 0 Å². The number of thioether (sulfide) groups is 1. The standard InChI is InChI=1S/C20H14N2O4S/c1-12-6-16-17(26-11-25-16)7-15(12)8-18-19(23)22(20(24)27-18)10-14-5-3-2-4-13(14)9-21/h2-8H,10-11H2,1H3/b18-8+. The summed E-state index contributed by atoms with van der Waals surface area (Å²) >= 11 is 0.895. The highest BCUT2D eigenvalue weighted by atomic mass is 32.2. The molecule has 0 radical (unpaired) electrons. The number of hydrogen-bond acceptors (Lipinski definition) is 6. The Morgan fingerprint density at radius 2 is 1.96 bits per heavy atom. The predicted molar refractivity (Wildman–Crippen MR) is 100.0 cm³/mol. The second kappa shape index (κ2) is 6.82. The lowest BCUT2D eigenvalue weighted by Crippen LogP contribution is -2.27. The second-order valence-electron chi connectivity index (χ2n) is 6.10. The quantitative estimate of drug-likeness (QED) is 0.755. The summed E-state index contributed by atoms with van der Waals surface area (Å²) in [5.74, 6) is 0.926. The lowest BCUT2D eigenvalue weighted by atomic mass is 10.1. The molecule has 0 N–H and O–H groups in total. The largest absolute Gasteiger partial charge is 0.454 e. The van der Waals surface area contributed by atoms with Gasteiger partial charge in [-0.1, -0.05) is 18.2 Å². The summed E-state index contributed by atoms with van der Waals surface area (Å²) in [6.45, 7) is 2.15. The molecule has 2 aliphatic heterocycles. The van der Waals surface area contributed by atoms with Gasteiger partial charge in [-0.2, -0.15) is 5.26 Å². The van der Waals surface area contributed by atoms with Gasteiger partial charge < -0.3 is 9.47 Å². The van der Waals surface area contributed by atoms with Crippen molar-refractivity contribution in [3.8, 4) is 17.6 Å². The molecule has 134 valence electrons. The fourth-order valence-electron chi connectivity index (χ4n) is 2.93. The van der Waals surface area contributed by atoms with Crippen LogP contribution in [0.15, 0.2) is 41.3 Å². The Hall–Kier alpha value is -3.24. The third-order valence-corrected chi connectivity index (χ3v) is 5.30. The van der Waals surface area contributed by atoms with Gasteiger partial charge in [-0.25, -0.2) is 0 Å². The van der Waals surface area contributed by atoms with Gasteiger partial charge in [-0.05, 0) is 59.7 Å². The molecule has 2 amide bonds. The number of hydrogen-bond donors (Lipinski definition) is 0. The Morgan fingerprint density at radius 1 is 1.22 bits per heavy atom. The Balaban J connectivity index is 1.62. The van der Waals surface area contributed by atoms with E-state index in [0.29, 0.717) is 27.5 Å². The van der Waals surface area contributed by atoms with Crippen LogP contribution in [-0.4, -0.2) is 22.8 Å². The Bertz CT molecular complexity index is 1040. The molecular weight excluding hydrogens is 364 g/mol. The lowest BCUT2D eigenvalue weighted by Gasteiger charge is -2.13. The predicted octanol–water partition coefficient (Wildman–Crippen LogP) is 3.83. The number of amides is 2. The molecule has 27 heavy (non-hydrogen) atoms. The third kappa shape index (κ3) is 3.15. The van der Waals surface area contributed by atoms with Crippen LogP contribution in [0, 0.1) is 18.3 Å². The van der Waals surface area contributed by atoms with E-state index in [9.17, 15) is 14.9 Å². The molecule has 0 spiro atoms. The fourth-order valence-corrected chi connectivity index (χ4v) is 3.76. The molecule has 2 aromatic rings. The molecule has 0 saturated carbocycles. The summed E-state index contributed by atoms with van der Waals surface area (Å²) in [6, 6.07) is 12.7. The van der Waals surface area contributed by atoms with Crippen molar-refractivity contribution in [1.29, 1.82) is 5.26 Å². The number of imide groups is 1. The second-order valence-corrected chi connectivity index (χ2v) is 7.09. The molecule has 4 rings (SSSR count). The molecule has 0 atom stereocenters. The van der Waals surface area contributed by atoms with Gasteiger partial charge in [0.05, 0.1) is 23.1 Å². The number of nitriles is 1. The van der Waals surface area contributed by atoms with E-state index in [-0.39, 0.29) is 24.5 Å². The number of nitrogens with zero attached hydrogens (tertiary/aromatic N) is 2. The Morgan fingerprint density at radius 3 is 2.74 bits per heavy atom. The molecule has 2 aliphatic rings. The van der Waals surface area contributed by atoms with Crippen molar-refractivity contribution < 1.29 is 19.1 Å². The van der Waals surface area contributed by atoms with Crippen molar-refractivity contribution in [2.24, 2.45) is 0 Å². The minimum absolute atomic E-state index is 0.0753. The van der Waals surface area contributed by atoms with Gasteiger partial charge in [-0.15, -0.1) is 0 Å². The zero-order chi connectivity index (χ0) is 19.0. The van der Waals surface area contributed by atoms with E-state index >= 15 is 0 Å². The van der Waals surface area contributed by atoms with Gasteiger partial charge in [0.1, 0.15) is 0 Å². The maximum Gasteiger partial charge on any atom is 0.293 e. The van der Waals surface area contributed by atoms with Crippen LogP contribution in [-0.2, 0) is 11.3 Å². The van der Waals surface area contributed by atoms with Gasteiger partial charge in [0.25, 0.3) is 11.1 Å². The van der Waals surface area contributed by atoms with E-state index in [4.69, 9.17) is 9.47 Å². The minimum Gasteiger partial charge on any atom is -0.454 e. The van der Waals surface area contributed by atoms with E-state index in [1.54, 1.807) is 36.4 Å². The van der Waals surface area contributed by atoms with Crippen LogP contribution >= 0.6 is 11.8 Å². The maximum atomic E-state index is 12.7. The van der Waals surface area contributed by atoms with Crippen LogP contribution in [0.2, 0.25) is 0 Å². The smallest absolute Gasteiger partial charge is 0.293 e. The first-order valence-corrected chi connectivity index (χ1v) is 9.02. The van der Waals surface area contributed by atoms with Crippen molar-refractivity contribution >= 4 is 29.0 Å². The molecule has 2 aromatic carbocycles. The normalized spacial score (nSPS) is 16.9. The summed E-state index contributed by atoms with van der Waals surface area (Å²) in [5, 5.41) is 8.85. The molecule has 7 heteroatoms. The number of benzene rings is 2. The first-order chi connectivity index (χ1) is 13.1. The molecule has 0 unspecified atom stereocenters. The minimum atomic E-state index is -0.366. The SMILES string of the molecule is Cc1cc2c(cc1/C=C1/SC(=O)N(Cc3ccccc3C#N)C1=O)OCO2. The summed E-state index contributed by atoms with van der Waals surface area (Å²) in [4.78, 5) is 26.6. The topological polar surface area (TPSA) is 79.6 Å². The highest BCUT2D eigenvalue weighted by molar-refractivity contribution is 8.18. The molecule has 1 fully saturated rings. The molecule has 0 aliphatic carbocycles. The zero-order valence-corrected chi connectivity index (χ0v) is 15.2. The monoisotopic (exact) mass is 378 g/mol. The summed E-state index contributed by atoms with van der Waals surface area (Å²) in [6.07, 6.45) is 1.69. The van der Waals surface area contributed by atoms with Gasteiger partial charge in [0.2, 0.25) is 6.79 Å². The van der Waals surface area contributed by atoms with Crippen LogP contribution in [0.3, 0.4) is 0 Å². The zero-order valence-electron chi connectivity index (χ0n) is 14.4. The average molecular weight is 378 g/mol. The van der Waals surface area contributed by atoms with Crippen molar-refractivity contribution in [2.75, 3.05) is 6.79 Å². The summed E-state index contributed by atoms with van der Waals surface area (Å²) in [5.41, 5.74) is 2.80. The number of carbonyl (C=O) groups excluding carboxylic acids is 2. The Labute approximate surface area is 160 Å². The van der Waals surface area contributed by atoms with Crippen LogP contribution < -0.4 is 9.47 Å². The average Bonchev–Trinajstić information content (AvgIpc) is 3.21. The van der Waals surface area contributed by atoms with Gasteiger partial charge in [0, 0.05) is 0 Å². The molecular formula is C20H14N2O4S. The van der Waals surface area contributed by atoms with E-state index in [2.05, 4.69) is 6.07 Å². The molecule has 0 bridgehead atoms. The van der Waals surface area contributed by atoms with Crippen LogP contribution in [0.25, 0.3) is 6.08 Å².